The number of carbonyl (C=O) groups is 5. The largest absolute Gasteiger partial charge is 0.504 e. The number of benzene rings is 3. The van der Waals surface area contributed by atoms with Crippen LogP contribution in [0.3, 0.4) is 0 Å². The summed E-state index contributed by atoms with van der Waals surface area (Å²) in [5, 5.41) is 10.7. The number of fused-ring (bicyclic) bond motifs is 4. The summed E-state index contributed by atoms with van der Waals surface area (Å²) in [6.45, 7) is 2.08. The number of hydrogen-bond acceptors (Lipinski definition) is 8. The molecule has 0 unspecified atom stereocenters. The summed E-state index contributed by atoms with van der Waals surface area (Å²) in [4.78, 5) is 70.5. The monoisotopic (exact) mass is 631 g/mol. The molecule has 3 aromatic carbocycles. The molecule has 1 heterocycles. The summed E-state index contributed by atoms with van der Waals surface area (Å²) >= 11 is 0. The number of nitrogens with zero attached hydrogens (tertiary/aromatic N) is 1. The van der Waals surface area contributed by atoms with Gasteiger partial charge in [0.25, 0.3) is 0 Å². The molecular weight excluding hydrogens is 598 g/mol. The maximum Gasteiger partial charge on any atom is 0.423 e. The van der Waals surface area contributed by atoms with Gasteiger partial charge in [0.15, 0.2) is 23.1 Å². The van der Waals surface area contributed by atoms with Crippen LogP contribution in [0.15, 0.2) is 96.6 Å². The van der Waals surface area contributed by atoms with E-state index in [0.717, 1.165) is 12.7 Å². The van der Waals surface area contributed by atoms with Crippen molar-refractivity contribution < 1.29 is 38.6 Å². The number of imide groups is 3. The lowest BCUT2D eigenvalue weighted by Crippen LogP contribution is -2.58. The average Bonchev–Trinajstić information content (AvgIpc) is 3.36. The van der Waals surface area contributed by atoms with Gasteiger partial charge in [0.1, 0.15) is 0 Å². The molecule has 0 aromatic heterocycles. The Morgan fingerprint density at radius 2 is 1.64 bits per heavy atom. The van der Waals surface area contributed by atoms with Gasteiger partial charge in [-0.15, -0.1) is 0 Å². The summed E-state index contributed by atoms with van der Waals surface area (Å²) in [7, 11) is 1.12. The molecule has 4 aliphatic rings. The number of phenols is 1. The van der Waals surface area contributed by atoms with E-state index in [1.807, 2.05) is 42.5 Å². The van der Waals surface area contributed by atoms with Gasteiger partial charge in [-0.2, -0.15) is 4.90 Å². The van der Waals surface area contributed by atoms with Crippen LogP contribution in [0, 0.1) is 23.7 Å². The van der Waals surface area contributed by atoms with Gasteiger partial charge < -0.3 is 14.6 Å². The van der Waals surface area contributed by atoms with Crippen LogP contribution in [-0.2, 0) is 29.3 Å². The number of ether oxygens (including phenoxy) is 2. The fourth-order valence-corrected chi connectivity index (χ4v) is 8.50. The van der Waals surface area contributed by atoms with E-state index in [1.165, 1.54) is 12.1 Å². The number of methoxy groups -OCH3 is 1. The predicted octanol–water partition coefficient (Wildman–Crippen LogP) is 5.38. The van der Waals surface area contributed by atoms with Crippen molar-refractivity contribution >= 4 is 35.0 Å². The first-order valence-corrected chi connectivity index (χ1v) is 15.8. The number of amides is 3. The van der Waals surface area contributed by atoms with E-state index >= 15 is 4.79 Å². The molecule has 0 radical (unpaired) electrons. The second kappa shape index (κ2) is 11.5. The van der Waals surface area contributed by atoms with Crippen molar-refractivity contribution in [1.29, 1.82) is 0 Å². The van der Waals surface area contributed by atoms with Crippen LogP contribution in [0.5, 0.6) is 11.5 Å². The Morgan fingerprint density at radius 3 is 2.32 bits per heavy atom. The first-order chi connectivity index (χ1) is 22.7. The summed E-state index contributed by atoms with van der Waals surface area (Å²) in [6.07, 6.45) is 2.60. The van der Waals surface area contributed by atoms with Crippen molar-refractivity contribution in [3.8, 4) is 11.5 Å². The van der Waals surface area contributed by atoms with E-state index in [-0.39, 0.29) is 48.1 Å². The molecule has 1 N–H and O–H groups in total. The van der Waals surface area contributed by atoms with E-state index in [4.69, 9.17) is 9.47 Å². The van der Waals surface area contributed by atoms with Gasteiger partial charge >= 0.3 is 6.09 Å². The number of aromatic hydroxyl groups is 1. The molecular formula is C38H33NO8. The summed E-state index contributed by atoms with van der Waals surface area (Å²) in [5.41, 5.74) is 1.49. The second-order valence-corrected chi connectivity index (χ2v) is 12.4. The van der Waals surface area contributed by atoms with Crippen molar-refractivity contribution in [3.63, 3.8) is 0 Å². The summed E-state index contributed by atoms with van der Waals surface area (Å²) in [6, 6.07) is 23.2. The lowest BCUT2D eigenvalue weighted by molar-refractivity contribution is -0.138. The Hall–Kier alpha value is -5.31. The number of likely N-dealkylation sites (tertiary alicyclic amines) is 1. The highest BCUT2D eigenvalue weighted by Gasteiger charge is 2.66. The van der Waals surface area contributed by atoms with Crippen LogP contribution >= 0.6 is 0 Å². The normalized spacial score (nSPS) is 28.1. The Labute approximate surface area is 271 Å². The standard InChI is InChI=1S/C38H33NO8/c1-3-47-30-18-22(14-17-29(30)40)33-24-15-16-25-32(36(44)39(35(25)43)37(45)46-2)27(24)19-28-34(42)26(21-10-6-4-7-11-21)20-31(41)38(28,33)23-12-8-5-9-13-23/h4-15,17-18,20,25,27-28,32-33,40H,3,16,19H2,1-2H3/t25-,27+,28-,32-,33-,38-/m0/s1. The third kappa shape index (κ3) is 4.40. The van der Waals surface area contributed by atoms with Gasteiger partial charge in [0.05, 0.1) is 31.0 Å². The zero-order valence-corrected chi connectivity index (χ0v) is 25.9. The van der Waals surface area contributed by atoms with Crippen molar-refractivity contribution in [1.82, 2.24) is 4.90 Å². The van der Waals surface area contributed by atoms with Crippen LogP contribution < -0.4 is 4.74 Å². The molecule has 6 atom stereocenters. The Morgan fingerprint density at radius 1 is 0.936 bits per heavy atom. The van der Waals surface area contributed by atoms with E-state index in [2.05, 4.69) is 0 Å². The van der Waals surface area contributed by atoms with Gasteiger partial charge in [-0.3, -0.25) is 19.2 Å². The lowest BCUT2D eigenvalue weighted by Gasteiger charge is -2.55. The molecule has 3 amide bonds. The predicted molar refractivity (Wildman–Crippen MR) is 170 cm³/mol. The second-order valence-electron chi connectivity index (χ2n) is 12.4. The third-order valence-electron chi connectivity index (χ3n) is 10.3. The van der Waals surface area contributed by atoms with Crippen LogP contribution in [0.25, 0.3) is 5.57 Å². The third-order valence-corrected chi connectivity index (χ3v) is 10.3. The zero-order valence-electron chi connectivity index (χ0n) is 25.9. The van der Waals surface area contributed by atoms with Gasteiger partial charge in [0.2, 0.25) is 11.8 Å². The maximum atomic E-state index is 15.0. The van der Waals surface area contributed by atoms with Crippen molar-refractivity contribution in [2.24, 2.45) is 23.7 Å². The van der Waals surface area contributed by atoms with Crippen molar-refractivity contribution in [2.45, 2.75) is 31.1 Å². The SMILES string of the molecule is CCOc1cc([C@H]2C3=CC[C@@H]4C(=O)N(C(=O)OC)C(=O)[C@@H]4[C@@H]3C[C@H]3C(=O)C(c4ccccc4)=CC(=O)[C@@]23c2ccccc2)ccc1O. The summed E-state index contributed by atoms with van der Waals surface area (Å²) in [5.74, 6) is -5.70. The average molecular weight is 632 g/mol. The van der Waals surface area contributed by atoms with Crippen LogP contribution in [-0.4, -0.2) is 53.2 Å². The smallest absolute Gasteiger partial charge is 0.423 e. The number of carbonyl (C=O) groups excluding carboxylic acids is 5. The number of Topliss-reactive ketones (excluding diaryl/α,β-unsaturated/α-hetero) is 1. The molecule has 2 fully saturated rings. The lowest BCUT2D eigenvalue weighted by atomic mass is 9.44. The fraction of sp³-hybridized carbons (Fsp3) is 0.289. The molecule has 47 heavy (non-hydrogen) atoms. The molecule has 0 bridgehead atoms. The minimum Gasteiger partial charge on any atom is -0.504 e. The first kappa shape index (κ1) is 30.3. The minimum absolute atomic E-state index is 0.0754. The van der Waals surface area contributed by atoms with E-state index < -0.39 is 52.9 Å². The molecule has 9 heteroatoms. The molecule has 238 valence electrons. The van der Waals surface area contributed by atoms with Crippen molar-refractivity contribution in [3.05, 3.63) is 113 Å². The van der Waals surface area contributed by atoms with Gasteiger partial charge in [-0.05, 0) is 60.6 Å². The number of hydrogen-bond donors (Lipinski definition) is 1. The number of rotatable bonds is 5. The van der Waals surface area contributed by atoms with Crippen LogP contribution in [0.2, 0.25) is 0 Å². The topological polar surface area (TPSA) is 127 Å². The number of ketones is 2. The highest BCUT2D eigenvalue weighted by Crippen LogP contribution is 2.64. The number of phenolic OH excluding ortho intramolecular Hbond substituents is 1. The molecule has 1 saturated heterocycles. The molecule has 3 aromatic rings. The maximum absolute atomic E-state index is 15.0. The van der Waals surface area contributed by atoms with E-state index in [0.29, 0.717) is 21.6 Å². The van der Waals surface area contributed by atoms with Gasteiger partial charge in [-0.1, -0.05) is 78.4 Å². The quantitative estimate of drug-likeness (QED) is 0.294. The van der Waals surface area contributed by atoms with E-state index in [9.17, 15) is 24.3 Å². The Bertz CT molecular complexity index is 1880. The molecule has 1 aliphatic heterocycles. The van der Waals surface area contributed by atoms with Gasteiger partial charge in [0, 0.05) is 17.4 Å². The molecule has 3 aliphatic carbocycles. The highest BCUT2D eigenvalue weighted by atomic mass is 16.5. The van der Waals surface area contributed by atoms with Gasteiger partial charge in [-0.25, -0.2) is 4.79 Å². The first-order valence-electron chi connectivity index (χ1n) is 15.8. The van der Waals surface area contributed by atoms with Crippen molar-refractivity contribution in [2.75, 3.05) is 13.7 Å². The number of allylic oxidation sites excluding steroid dienone is 4. The Kier molecular flexibility index (Phi) is 7.42. The molecule has 1 saturated carbocycles. The Balaban J connectivity index is 1.50. The highest BCUT2D eigenvalue weighted by molar-refractivity contribution is 6.31. The minimum atomic E-state index is -1.42. The molecule has 7 rings (SSSR count). The zero-order chi connectivity index (χ0) is 33.0. The molecule has 0 spiro atoms. The van der Waals surface area contributed by atoms with E-state index in [1.54, 1.807) is 43.3 Å². The fourth-order valence-electron chi connectivity index (χ4n) is 8.50. The van der Waals surface area contributed by atoms with Crippen LogP contribution in [0.1, 0.15) is 42.4 Å². The van der Waals surface area contributed by atoms with Crippen LogP contribution in [0.4, 0.5) is 4.79 Å². The molecule has 9 nitrogen and oxygen atoms in total. The summed E-state index contributed by atoms with van der Waals surface area (Å²) < 4.78 is 10.6.